The van der Waals surface area contributed by atoms with E-state index in [0.717, 1.165) is 22.3 Å². The highest BCUT2D eigenvalue weighted by molar-refractivity contribution is 6.31. The minimum atomic E-state index is -0.852. The van der Waals surface area contributed by atoms with Gasteiger partial charge in [0.2, 0.25) is 11.8 Å². The van der Waals surface area contributed by atoms with E-state index in [-0.39, 0.29) is 56.2 Å². The van der Waals surface area contributed by atoms with Crippen LogP contribution in [0.2, 0.25) is 5.02 Å². The minimum Gasteiger partial charge on any atom is -0.508 e. The van der Waals surface area contributed by atoms with Crippen molar-refractivity contribution >= 4 is 35.5 Å². The van der Waals surface area contributed by atoms with Crippen LogP contribution in [0, 0.1) is 0 Å². The molecule has 1 aliphatic heterocycles. The van der Waals surface area contributed by atoms with Gasteiger partial charge in [-0.3, -0.25) is 14.6 Å². The van der Waals surface area contributed by atoms with Crippen molar-refractivity contribution in [3.05, 3.63) is 107 Å². The summed E-state index contributed by atoms with van der Waals surface area (Å²) in [4.78, 5) is 42.4. The number of aromatic hydroxyl groups is 1. The highest BCUT2D eigenvalue weighted by Gasteiger charge is 2.32. The molecule has 0 spiro atoms. The van der Waals surface area contributed by atoms with E-state index in [0.29, 0.717) is 24.5 Å². The van der Waals surface area contributed by atoms with Crippen molar-refractivity contribution in [3.63, 3.8) is 0 Å². The summed E-state index contributed by atoms with van der Waals surface area (Å²) in [6.07, 6.45) is 2.61. The van der Waals surface area contributed by atoms with Gasteiger partial charge < -0.3 is 20.6 Å². The molecule has 1 fully saturated rings. The quantitative estimate of drug-likeness (QED) is 0.314. The number of halogens is 1. The Morgan fingerprint density at radius 2 is 1.84 bits per heavy atom. The first kappa shape index (κ1) is 31.6. The van der Waals surface area contributed by atoms with Gasteiger partial charge >= 0.3 is 6.03 Å². The van der Waals surface area contributed by atoms with Gasteiger partial charge in [0.05, 0.1) is 6.54 Å². The predicted octanol–water partition coefficient (Wildman–Crippen LogP) is 4.60. The fourth-order valence-corrected chi connectivity index (χ4v) is 5.20. The summed E-state index contributed by atoms with van der Waals surface area (Å²) in [5.74, 6) is -0.517. The Hall–Kier alpha value is -4.34. The number of hydrogen-bond donors (Lipinski definition) is 3. The Balaban J connectivity index is 1.60. The number of carbonyl (C=O) groups is 3. The number of nitrogens with zero attached hydrogens (tertiary/aromatic N) is 3. The van der Waals surface area contributed by atoms with Crippen LogP contribution in [0.25, 0.3) is 6.08 Å². The zero-order chi connectivity index (χ0) is 30.8. The molecule has 3 aromatic carbocycles. The van der Waals surface area contributed by atoms with Crippen LogP contribution in [0.5, 0.6) is 5.75 Å². The van der Waals surface area contributed by atoms with Crippen LogP contribution in [-0.2, 0) is 29.1 Å². The van der Waals surface area contributed by atoms with Crippen LogP contribution in [-0.4, -0.2) is 70.1 Å². The lowest BCUT2D eigenvalue weighted by Crippen LogP contribution is -2.55. The van der Waals surface area contributed by atoms with E-state index in [2.05, 4.69) is 17.2 Å². The molecule has 0 bridgehead atoms. The van der Waals surface area contributed by atoms with Crippen molar-refractivity contribution in [3.8, 4) is 5.75 Å². The molecule has 0 radical (unpaired) electrons. The second kappa shape index (κ2) is 15.2. The van der Waals surface area contributed by atoms with Gasteiger partial charge in [0.25, 0.3) is 0 Å². The molecule has 4 rings (SSSR count). The monoisotopic (exact) mass is 603 g/mol. The highest BCUT2D eigenvalue weighted by atomic mass is 35.5. The number of hydrogen-bond acceptors (Lipinski definition) is 5. The van der Waals surface area contributed by atoms with Gasteiger partial charge in [-0.15, -0.1) is 0 Å². The van der Waals surface area contributed by atoms with Crippen molar-refractivity contribution in [2.75, 3.05) is 26.2 Å². The zero-order valence-electron chi connectivity index (χ0n) is 24.3. The SMILES string of the molecule is C=Cc1ccc(CN2CCN(N(CCC)C(=O)NCc3ccccc3)CC(=O)N[C@@H](Cc3ccc(O)cc3)C2=O)c(Cl)c1. The maximum absolute atomic E-state index is 14.0. The Bertz CT molecular complexity index is 1420. The van der Waals surface area contributed by atoms with E-state index in [1.807, 2.05) is 49.4 Å². The Kier molecular flexibility index (Phi) is 11.2. The lowest BCUT2D eigenvalue weighted by Gasteiger charge is -2.35. The van der Waals surface area contributed by atoms with E-state index in [1.54, 1.807) is 51.3 Å². The molecule has 9 nitrogen and oxygen atoms in total. The van der Waals surface area contributed by atoms with Gasteiger partial charge in [0.1, 0.15) is 11.8 Å². The van der Waals surface area contributed by atoms with Crippen molar-refractivity contribution < 1.29 is 19.5 Å². The summed E-state index contributed by atoms with van der Waals surface area (Å²) in [7, 11) is 0. The average molecular weight is 604 g/mol. The van der Waals surface area contributed by atoms with Gasteiger partial charge in [0.15, 0.2) is 0 Å². The van der Waals surface area contributed by atoms with Gasteiger partial charge in [-0.2, -0.15) is 0 Å². The number of amides is 4. The van der Waals surface area contributed by atoms with Crippen LogP contribution in [0.15, 0.2) is 79.4 Å². The summed E-state index contributed by atoms with van der Waals surface area (Å²) in [6.45, 7) is 7.13. The Morgan fingerprint density at radius 1 is 1.09 bits per heavy atom. The Morgan fingerprint density at radius 3 is 2.51 bits per heavy atom. The number of urea groups is 1. The highest BCUT2D eigenvalue weighted by Crippen LogP contribution is 2.22. The van der Waals surface area contributed by atoms with Crippen LogP contribution in [0.3, 0.4) is 0 Å². The zero-order valence-corrected chi connectivity index (χ0v) is 25.1. The molecule has 226 valence electrons. The Labute approximate surface area is 257 Å². The molecule has 0 unspecified atom stereocenters. The number of hydrazine groups is 1. The largest absolute Gasteiger partial charge is 0.508 e. The third-order valence-corrected chi connectivity index (χ3v) is 7.60. The average Bonchev–Trinajstić information content (AvgIpc) is 3.06. The molecule has 1 aliphatic rings. The fraction of sp³-hybridized carbons (Fsp3) is 0.303. The third-order valence-electron chi connectivity index (χ3n) is 7.25. The van der Waals surface area contributed by atoms with Gasteiger partial charge in [-0.1, -0.05) is 85.8 Å². The molecule has 3 N–H and O–H groups in total. The second-order valence-corrected chi connectivity index (χ2v) is 10.9. The predicted molar refractivity (Wildman–Crippen MR) is 168 cm³/mol. The van der Waals surface area contributed by atoms with Gasteiger partial charge in [0, 0.05) is 44.2 Å². The molecule has 1 atom stereocenters. The normalized spacial score (nSPS) is 16.0. The summed E-state index contributed by atoms with van der Waals surface area (Å²) < 4.78 is 0. The molecule has 1 heterocycles. The summed E-state index contributed by atoms with van der Waals surface area (Å²) in [6, 6.07) is 20.5. The van der Waals surface area contributed by atoms with Crippen LogP contribution >= 0.6 is 11.6 Å². The lowest BCUT2D eigenvalue weighted by atomic mass is 10.0. The van der Waals surface area contributed by atoms with Crippen molar-refractivity contribution in [1.29, 1.82) is 0 Å². The topological polar surface area (TPSA) is 105 Å². The summed E-state index contributed by atoms with van der Waals surface area (Å²) in [5, 5.41) is 19.3. The van der Waals surface area contributed by atoms with E-state index in [9.17, 15) is 19.5 Å². The first-order valence-corrected chi connectivity index (χ1v) is 14.8. The maximum atomic E-state index is 14.0. The van der Waals surface area contributed by atoms with Crippen LogP contribution in [0.4, 0.5) is 4.79 Å². The van der Waals surface area contributed by atoms with E-state index in [1.165, 1.54) is 0 Å². The number of benzene rings is 3. The molecule has 0 aliphatic carbocycles. The molecule has 43 heavy (non-hydrogen) atoms. The van der Waals surface area contributed by atoms with E-state index < -0.39 is 6.04 Å². The van der Waals surface area contributed by atoms with Crippen LogP contribution in [0.1, 0.15) is 35.6 Å². The second-order valence-electron chi connectivity index (χ2n) is 10.5. The fourth-order valence-electron chi connectivity index (χ4n) is 4.95. The summed E-state index contributed by atoms with van der Waals surface area (Å²) in [5.41, 5.74) is 3.37. The lowest BCUT2D eigenvalue weighted by molar-refractivity contribution is -0.136. The van der Waals surface area contributed by atoms with Gasteiger partial charge in [-0.05, 0) is 46.9 Å². The number of phenols is 1. The molecule has 10 heteroatoms. The molecule has 3 aromatic rings. The van der Waals surface area contributed by atoms with Crippen LogP contribution < -0.4 is 10.6 Å². The number of rotatable bonds is 10. The molecule has 0 aromatic heterocycles. The van der Waals surface area contributed by atoms with E-state index >= 15 is 0 Å². The standard InChI is InChI=1S/C33H38ClN5O4/c1-3-16-39(33(43)35-21-26-8-6-5-7-9-26)38-18-17-37(22-27-13-10-24(4-2)19-29(27)34)32(42)30(36-31(41)23-38)20-25-11-14-28(40)15-12-25/h4-15,19,30,40H,2-3,16-18,20-23H2,1H3,(H,35,43)(H,36,41)/t30-/m0/s1. The molecular formula is C33H38ClN5O4. The smallest absolute Gasteiger partial charge is 0.332 e. The first-order chi connectivity index (χ1) is 20.8. The van der Waals surface area contributed by atoms with Crippen molar-refractivity contribution in [2.24, 2.45) is 0 Å². The first-order valence-electron chi connectivity index (χ1n) is 14.4. The maximum Gasteiger partial charge on any atom is 0.332 e. The molecule has 0 saturated carbocycles. The number of nitrogens with one attached hydrogen (secondary N) is 2. The number of phenolic OH excluding ortho intramolecular Hbond substituents is 1. The number of carbonyl (C=O) groups excluding carboxylic acids is 3. The third kappa shape index (κ3) is 8.83. The van der Waals surface area contributed by atoms with Gasteiger partial charge in [-0.25, -0.2) is 9.80 Å². The summed E-state index contributed by atoms with van der Waals surface area (Å²) >= 11 is 6.58. The molecule has 1 saturated heterocycles. The van der Waals surface area contributed by atoms with Crippen molar-refractivity contribution in [1.82, 2.24) is 25.6 Å². The molecular weight excluding hydrogens is 566 g/mol. The van der Waals surface area contributed by atoms with E-state index in [4.69, 9.17) is 11.6 Å². The minimum absolute atomic E-state index is 0.0965. The molecule has 4 amide bonds. The van der Waals surface area contributed by atoms with Crippen molar-refractivity contribution in [2.45, 2.75) is 38.9 Å².